The van der Waals surface area contributed by atoms with Crippen molar-refractivity contribution >= 4 is 5.69 Å². The van der Waals surface area contributed by atoms with Crippen molar-refractivity contribution in [3.05, 3.63) is 29.8 Å². The van der Waals surface area contributed by atoms with E-state index in [1.54, 1.807) is 5.56 Å². The second-order valence-electron chi connectivity index (χ2n) is 8.05. The summed E-state index contributed by atoms with van der Waals surface area (Å²) in [5.41, 5.74) is 3.53. The Hall–Kier alpha value is -1.02. The molecule has 0 radical (unpaired) electrons. The summed E-state index contributed by atoms with van der Waals surface area (Å²) in [5.74, 6) is 2.72. The van der Waals surface area contributed by atoms with E-state index < -0.39 is 0 Å². The standard InChI is InChI=1S/C19H26N2/c1-3-13-11-21-9-8-19-15-6-4-5-7-16(15)20-18(19)12(2)14(13)10-17(19)21/h4-7,12-14,17-18,20H,3,8-11H2,1-2H3/p+1. The van der Waals surface area contributed by atoms with E-state index in [1.165, 1.54) is 38.0 Å². The fourth-order valence-corrected chi connectivity index (χ4v) is 6.77. The highest BCUT2D eigenvalue weighted by atomic mass is 15.2. The molecule has 2 saturated heterocycles. The smallest absolute Gasteiger partial charge is 0.0998 e. The quantitative estimate of drug-likeness (QED) is 0.806. The van der Waals surface area contributed by atoms with E-state index in [9.17, 15) is 0 Å². The molecule has 0 amide bonds. The van der Waals surface area contributed by atoms with Gasteiger partial charge in [-0.1, -0.05) is 32.0 Å². The second kappa shape index (κ2) is 4.04. The molecular formula is C19H27N2+. The third kappa shape index (κ3) is 1.34. The van der Waals surface area contributed by atoms with Gasteiger partial charge in [-0.25, -0.2) is 0 Å². The van der Waals surface area contributed by atoms with Crippen LogP contribution in [0.15, 0.2) is 24.3 Å². The summed E-state index contributed by atoms with van der Waals surface area (Å²) in [6.45, 7) is 7.78. The van der Waals surface area contributed by atoms with Gasteiger partial charge in [0.2, 0.25) is 0 Å². The Kier molecular flexibility index (Phi) is 2.41. The molecule has 1 aromatic carbocycles. The molecule has 1 aromatic rings. The number of rotatable bonds is 1. The zero-order valence-electron chi connectivity index (χ0n) is 13.2. The van der Waals surface area contributed by atoms with Crippen molar-refractivity contribution in [2.24, 2.45) is 17.8 Å². The fourth-order valence-electron chi connectivity index (χ4n) is 6.77. The number of hydrogen-bond acceptors (Lipinski definition) is 1. The molecule has 5 rings (SSSR count). The Bertz CT molecular complexity index is 583. The van der Waals surface area contributed by atoms with Crippen molar-refractivity contribution in [3.8, 4) is 0 Å². The van der Waals surface area contributed by atoms with Crippen LogP contribution in [0.5, 0.6) is 0 Å². The number of para-hydroxylation sites is 1. The Morgan fingerprint density at radius 3 is 3.05 bits per heavy atom. The highest BCUT2D eigenvalue weighted by Crippen LogP contribution is 2.57. The van der Waals surface area contributed by atoms with Crippen LogP contribution in [0, 0.1) is 17.8 Å². The van der Waals surface area contributed by atoms with Crippen molar-refractivity contribution in [2.75, 3.05) is 18.4 Å². The number of benzene rings is 1. The SMILES string of the molecule is CCC1C[NH+]2CCC34c5ccccc5NC3C(C)C1CC24. The highest BCUT2D eigenvalue weighted by Gasteiger charge is 2.67. The molecule has 1 saturated carbocycles. The third-order valence-corrected chi connectivity index (χ3v) is 7.63. The number of quaternary nitrogens is 1. The van der Waals surface area contributed by atoms with Gasteiger partial charge in [0.15, 0.2) is 0 Å². The van der Waals surface area contributed by atoms with Crippen molar-refractivity contribution in [1.82, 2.24) is 0 Å². The molecule has 21 heavy (non-hydrogen) atoms. The minimum Gasteiger partial charge on any atom is -0.381 e. The van der Waals surface area contributed by atoms with E-state index in [0.717, 1.165) is 23.8 Å². The van der Waals surface area contributed by atoms with Crippen molar-refractivity contribution in [1.29, 1.82) is 0 Å². The highest BCUT2D eigenvalue weighted by molar-refractivity contribution is 5.64. The van der Waals surface area contributed by atoms with E-state index in [4.69, 9.17) is 0 Å². The van der Waals surface area contributed by atoms with Crippen LogP contribution in [0.25, 0.3) is 0 Å². The molecule has 2 bridgehead atoms. The molecule has 7 atom stereocenters. The van der Waals surface area contributed by atoms with Crippen LogP contribution in [0.2, 0.25) is 0 Å². The Morgan fingerprint density at radius 1 is 1.33 bits per heavy atom. The predicted molar refractivity (Wildman–Crippen MR) is 85.7 cm³/mol. The van der Waals surface area contributed by atoms with Gasteiger partial charge in [-0.3, -0.25) is 0 Å². The van der Waals surface area contributed by atoms with Crippen molar-refractivity contribution < 1.29 is 4.90 Å². The van der Waals surface area contributed by atoms with Crippen LogP contribution in [0.1, 0.15) is 38.7 Å². The molecule has 3 heterocycles. The lowest BCUT2D eigenvalue weighted by atomic mass is 9.55. The van der Waals surface area contributed by atoms with E-state index in [-0.39, 0.29) is 0 Å². The fraction of sp³-hybridized carbons (Fsp3) is 0.684. The molecule has 4 aliphatic rings. The monoisotopic (exact) mass is 283 g/mol. The number of fused-ring (bicyclic) bond motifs is 2. The normalized spacial score (nSPS) is 49.4. The average Bonchev–Trinajstić information content (AvgIpc) is 3.07. The summed E-state index contributed by atoms with van der Waals surface area (Å²) in [4.78, 5) is 1.92. The van der Waals surface area contributed by atoms with Gasteiger partial charge in [0.1, 0.15) is 0 Å². The Morgan fingerprint density at radius 2 is 2.19 bits per heavy atom. The largest absolute Gasteiger partial charge is 0.381 e. The van der Waals surface area contributed by atoms with Gasteiger partial charge in [-0.15, -0.1) is 0 Å². The molecule has 3 aliphatic heterocycles. The predicted octanol–water partition coefficient (Wildman–Crippen LogP) is 2.07. The summed E-state index contributed by atoms with van der Waals surface area (Å²) in [6.07, 6.45) is 4.24. The van der Waals surface area contributed by atoms with Gasteiger partial charge in [-0.05, 0) is 29.9 Å². The van der Waals surface area contributed by atoms with Gasteiger partial charge < -0.3 is 10.2 Å². The van der Waals surface area contributed by atoms with Crippen LogP contribution >= 0.6 is 0 Å². The first-order valence-electron chi connectivity index (χ1n) is 8.96. The molecule has 112 valence electrons. The van der Waals surface area contributed by atoms with Gasteiger partial charge >= 0.3 is 0 Å². The minimum absolute atomic E-state index is 0.445. The summed E-state index contributed by atoms with van der Waals surface area (Å²) in [5, 5.41) is 3.96. The Labute approximate surface area is 127 Å². The molecule has 2 nitrogen and oxygen atoms in total. The van der Waals surface area contributed by atoms with Crippen LogP contribution in [0.4, 0.5) is 5.69 Å². The van der Waals surface area contributed by atoms with Crippen LogP contribution in [0.3, 0.4) is 0 Å². The third-order valence-electron chi connectivity index (χ3n) is 7.63. The minimum atomic E-state index is 0.445. The number of anilines is 1. The maximum Gasteiger partial charge on any atom is 0.0998 e. The maximum absolute atomic E-state index is 3.96. The lowest BCUT2D eigenvalue weighted by molar-refractivity contribution is -0.927. The van der Waals surface area contributed by atoms with E-state index >= 15 is 0 Å². The number of nitrogens with one attached hydrogen (secondary N) is 2. The van der Waals surface area contributed by atoms with E-state index in [2.05, 4.69) is 43.4 Å². The molecule has 7 unspecified atom stereocenters. The van der Waals surface area contributed by atoms with Crippen LogP contribution < -0.4 is 10.2 Å². The van der Waals surface area contributed by atoms with Crippen molar-refractivity contribution in [3.63, 3.8) is 0 Å². The molecular weight excluding hydrogens is 256 g/mol. The molecule has 1 aliphatic carbocycles. The summed E-state index contributed by atoms with van der Waals surface area (Å²) >= 11 is 0. The molecule has 1 spiro atoms. The summed E-state index contributed by atoms with van der Waals surface area (Å²) in [6, 6.07) is 10.8. The first kappa shape index (κ1) is 12.5. The zero-order valence-corrected chi connectivity index (χ0v) is 13.2. The van der Waals surface area contributed by atoms with Crippen molar-refractivity contribution in [2.45, 2.75) is 50.6 Å². The number of hydrogen-bond donors (Lipinski definition) is 2. The van der Waals surface area contributed by atoms with Crippen LogP contribution in [-0.2, 0) is 5.41 Å². The lowest BCUT2D eigenvalue weighted by Gasteiger charge is -2.53. The first-order valence-corrected chi connectivity index (χ1v) is 8.96. The Balaban J connectivity index is 1.68. The zero-order chi connectivity index (χ0) is 14.2. The van der Waals surface area contributed by atoms with Gasteiger partial charge in [0.05, 0.1) is 24.5 Å². The second-order valence-corrected chi connectivity index (χ2v) is 8.05. The summed E-state index contributed by atoms with van der Waals surface area (Å²) in [7, 11) is 0. The molecule has 2 heteroatoms. The lowest BCUT2D eigenvalue weighted by Crippen LogP contribution is -3.17. The first-order chi connectivity index (χ1) is 10.3. The molecule has 3 fully saturated rings. The number of piperidine rings is 1. The van der Waals surface area contributed by atoms with Gasteiger partial charge in [0.25, 0.3) is 0 Å². The topological polar surface area (TPSA) is 16.5 Å². The van der Waals surface area contributed by atoms with Gasteiger partial charge in [0, 0.05) is 30.5 Å². The van der Waals surface area contributed by atoms with Crippen LogP contribution in [-0.4, -0.2) is 25.2 Å². The molecule has 0 aromatic heterocycles. The van der Waals surface area contributed by atoms with E-state index in [0.29, 0.717) is 11.5 Å². The molecule has 2 N–H and O–H groups in total. The van der Waals surface area contributed by atoms with E-state index in [1.807, 2.05) is 4.90 Å². The van der Waals surface area contributed by atoms with Gasteiger partial charge in [-0.2, -0.15) is 0 Å². The maximum atomic E-state index is 3.96. The summed E-state index contributed by atoms with van der Waals surface area (Å²) < 4.78 is 0. The average molecular weight is 283 g/mol.